The van der Waals surface area contributed by atoms with Crippen LogP contribution in [-0.2, 0) is 4.79 Å². The van der Waals surface area contributed by atoms with E-state index >= 15 is 0 Å². The van der Waals surface area contributed by atoms with Gasteiger partial charge in [-0.15, -0.1) is 0 Å². The highest BCUT2D eigenvalue weighted by molar-refractivity contribution is 5.78. The summed E-state index contributed by atoms with van der Waals surface area (Å²) in [5, 5.41) is 3.37. The van der Waals surface area contributed by atoms with Gasteiger partial charge in [0.25, 0.3) is 0 Å². The molecule has 1 aromatic carbocycles. The Balaban J connectivity index is 1.67. The number of carbonyl (C=O) groups is 1. The summed E-state index contributed by atoms with van der Waals surface area (Å²) in [5.74, 6) is 0.613. The number of hydrogen-bond donors (Lipinski definition) is 1. The minimum absolute atomic E-state index is 0.280. The van der Waals surface area contributed by atoms with E-state index in [1.165, 1.54) is 11.3 Å². The maximum absolute atomic E-state index is 12.2. The van der Waals surface area contributed by atoms with Gasteiger partial charge in [-0.05, 0) is 18.1 Å². The summed E-state index contributed by atoms with van der Waals surface area (Å²) >= 11 is 0. The molecule has 2 heterocycles. The fourth-order valence-electron chi connectivity index (χ4n) is 2.75. The first-order valence-corrected chi connectivity index (χ1v) is 6.60. The summed E-state index contributed by atoms with van der Waals surface area (Å²) in [6.07, 6.45) is 5.85. The lowest BCUT2D eigenvalue weighted by Crippen LogP contribution is -2.34. The molecule has 0 spiro atoms. The number of carbonyl (C=O) groups excluding carboxylic acids is 1. The number of para-hydroxylation sites is 1. The molecule has 3 rings (SSSR count). The van der Waals surface area contributed by atoms with Crippen molar-refractivity contribution in [1.82, 2.24) is 4.90 Å². The highest BCUT2D eigenvalue weighted by atomic mass is 16.2. The van der Waals surface area contributed by atoms with Gasteiger partial charge >= 0.3 is 0 Å². The van der Waals surface area contributed by atoms with Crippen LogP contribution in [0.4, 0.5) is 5.69 Å². The molecule has 1 aromatic rings. The second kappa shape index (κ2) is 4.84. The van der Waals surface area contributed by atoms with Crippen LogP contribution in [0.15, 0.2) is 36.4 Å². The van der Waals surface area contributed by atoms with E-state index in [-0.39, 0.29) is 5.91 Å². The molecule has 0 saturated carbocycles. The first-order valence-electron chi connectivity index (χ1n) is 6.60. The molecule has 0 saturated heterocycles. The molecule has 0 bridgehead atoms. The van der Waals surface area contributed by atoms with Crippen molar-refractivity contribution in [3.8, 4) is 0 Å². The minimum Gasteiger partial charge on any atom is -0.384 e. The van der Waals surface area contributed by atoms with Crippen molar-refractivity contribution in [2.75, 3.05) is 25.0 Å². The zero-order valence-electron chi connectivity index (χ0n) is 10.4. The van der Waals surface area contributed by atoms with Crippen molar-refractivity contribution in [1.29, 1.82) is 0 Å². The average Bonchev–Trinajstić information content (AvgIpc) is 2.83. The van der Waals surface area contributed by atoms with Crippen LogP contribution >= 0.6 is 0 Å². The minimum atomic E-state index is 0.280. The van der Waals surface area contributed by atoms with Crippen LogP contribution in [0.1, 0.15) is 24.3 Å². The molecule has 1 atom stereocenters. The van der Waals surface area contributed by atoms with E-state index in [0.29, 0.717) is 12.3 Å². The third kappa shape index (κ3) is 2.13. The Morgan fingerprint density at radius 1 is 1.33 bits per heavy atom. The van der Waals surface area contributed by atoms with Crippen molar-refractivity contribution in [2.24, 2.45) is 0 Å². The fourth-order valence-corrected chi connectivity index (χ4v) is 2.75. The normalized spacial score (nSPS) is 21.6. The topological polar surface area (TPSA) is 32.3 Å². The van der Waals surface area contributed by atoms with Crippen LogP contribution in [0.2, 0.25) is 0 Å². The Kier molecular flexibility index (Phi) is 3.05. The van der Waals surface area contributed by atoms with Gasteiger partial charge in [-0.3, -0.25) is 4.79 Å². The van der Waals surface area contributed by atoms with E-state index in [9.17, 15) is 4.79 Å². The summed E-state index contributed by atoms with van der Waals surface area (Å²) in [5.41, 5.74) is 2.48. The summed E-state index contributed by atoms with van der Waals surface area (Å²) < 4.78 is 0. The monoisotopic (exact) mass is 242 g/mol. The lowest BCUT2D eigenvalue weighted by molar-refractivity contribution is -0.131. The van der Waals surface area contributed by atoms with Crippen LogP contribution in [0.3, 0.4) is 0 Å². The second-order valence-electron chi connectivity index (χ2n) is 4.97. The van der Waals surface area contributed by atoms with Crippen molar-refractivity contribution < 1.29 is 4.79 Å². The molecule has 2 aliphatic heterocycles. The Bertz CT molecular complexity index is 481. The van der Waals surface area contributed by atoms with Gasteiger partial charge in [-0.1, -0.05) is 30.4 Å². The molecule has 3 nitrogen and oxygen atoms in total. The zero-order valence-corrected chi connectivity index (χ0v) is 10.4. The maximum atomic E-state index is 12.2. The number of amides is 1. The summed E-state index contributed by atoms with van der Waals surface area (Å²) in [7, 11) is 0. The molecule has 1 amide bonds. The number of rotatable bonds is 2. The number of fused-ring (bicyclic) bond motifs is 1. The van der Waals surface area contributed by atoms with Gasteiger partial charge in [0.1, 0.15) is 0 Å². The SMILES string of the molecule is O=C(CC1CNc2ccccc21)N1CC=CCC1. The molecule has 3 heteroatoms. The summed E-state index contributed by atoms with van der Waals surface area (Å²) in [6.45, 7) is 2.53. The molecular formula is C15H18N2O. The highest BCUT2D eigenvalue weighted by Crippen LogP contribution is 2.33. The van der Waals surface area contributed by atoms with E-state index in [4.69, 9.17) is 0 Å². The fraction of sp³-hybridized carbons (Fsp3) is 0.400. The number of anilines is 1. The van der Waals surface area contributed by atoms with Gasteiger partial charge in [0.05, 0.1) is 0 Å². The highest BCUT2D eigenvalue weighted by Gasteiger charge is 2.26. The summed E-state index contributed by atoms with van der Waals surface area (Å²) in [6, 6.07) is 8.30. The molecular weight excluding hydrogens is 224 g/mol. The molecule has 0 radical (unpaired) electrons. The zero-order chi connectivity index (χ0) is 12.4. The van der Waals surface area contributed by atoms with Crippen LogP contribution in [0, 0.1) is 0 Å². The molecule has 1 N–H and O–H groups in total. The third-order valence-corrected chi connectivity index (χ3v) is 3.77. The van der Waals surface area contributed by atoms with Gasteiger partial charge < -0.3 is 10.2 Å². The Morgan fingerprint density at radius 2 is 2.22 bits per heavy atom. The van der Waals surface area contributed by atoms with Gasteiger partial charge in [-0.2, -0.15) is 0 Å². The van der Waals surface area contributed by atoms with Crippen LogP contribution in [0.5, 0.6) is 0 Å². The largest absolute Gasteiger partial charge is 0.384 e. The number of nitrogens with one attached hydrogen (secondary N) is 1. The van der Waals surface area contributed by atoms with E-state index < -0.39 is 0 Å². The predicted molar refractivity (Wildman–Crippen MR) is 72.6 cm³/mol. The van der Waals surface area contributed by atoms with Gasteiger partial charge in [0, 0.05) is 37.7 Å². The third-order valence-electron chi connectivity index (χ3n) is 3.77. The standard InChI is InChI=1S/C15H18N2O/c18-15(17-8-4-1-5-9-17)10-12-11-16-14-7-3-2-6-13(12)14/h1-4,6-7,12,16H,5,8-11H2. The number of benzene rings is 1. The number of hydrogen-bond acceptors (Lipinski definition) is 2. The van der Waals surface area contributed by atoms with E-state index in [1.54, 1.807) is 0 Å². The quantitative estimate of drug-likeness (QED) is 0.808. The average molecular weight is 242 g/mol. The van der Waals surface area contributed by atoms with Crippen molar-refractivity contribution in [3.63, 3.8) is 0 Å². The molecule has 0 aromatic heterocycles. The molecule has 1 unspecified atom stereocenters. The molecule has 2 aliphatic rings. The smallest absolute Gasteiger partial charge is 0.223 e. The lowest BCUT2D eigenvalue weighted by Gasteiger charge is -2.24. The van der Waals surface area contributed by atoms with E-state index in [2.05, 4.69) is 29.6 Å². The molecule has 0 fully saturated rings. The van der Waals surface area contributed by atoms with Gasteiger partial charge in [0.2, 0.25) is 5.91 Å². The van der Waals surface area contributed by atoms with Crippen molar-refractivity contribution >= 4 is 11.6 Å². The van der Waals surface area contributed by atoms with E-state index in [1.807, 2.05) is 17.0 Å². The van der Waals surface area contributed by atoms with E-state index in [0.717, 1.165) is 26.1 Å². The molecule has 94 valence electrons. The van der Waals surface area contributed by atoms with Crippen LogP contribution < -0.4 is 5.32 Å². The van der Waals surface area contributed by atoms with Crippen LogP contribution in [-0.4, -0.2) is 30.4 Å². The summed E-state index contributed by atoms with van der Waals surface area (Å²) in [4.78, 5) is 14.2. The van der Waals surface area contributed by atoms with Crippen molar-refractivity contribution in [3.05, 3.63) is 42.0 Å². The first kappa shape index (κ1) is 11.3. The maximum Gasteiger partial charge on any atom is 0.223 e. The van der Waals surface area contributed by atoms with Gasteiger partial charge in [0.15, 0.2) is 0 Å². The second-order valence-corrected chi connectivity index (χ2v) is 4.97. The van der Waals surface area contributed by atoms with Crippen LogP contribution in [0.25, 0.3) is 0 Å². The predicted octanol–water partition coefficient (Wildman–Crippen LogP) is 2.37. The molecule has 18 heavy (non-hydrogen) atoms. The lowest BCUT2D eigenvalue weighted by atomic mass is 9.97. The molecule has 0 aliphatic carbocycles. The Hall–Kier alpha value is -1.77. The van der Waals surface area contributed by atoms with Crippen molar-refractivity contribution in [2.45, 2.75) is 18.8 Å². The van der Waals surface area contributed by atoms with Gasteiger partial charge in [-0.25, -0.2) is 0 Å². The first-order chi connectivity index (χ1) is 8.84. The number of nitrogens with zero attached hydrogens (tertiary/aromatic N) is 1. The Morgan fingerprint density at radius 3 is 3.06 bits per heavy atom. The Labute approximate surface area is 107 Å².